The molecular weight excluding hydrogens is 147 g/mol. The Bertz CT molecular complexity index is 136. The largest absolute Gasteiger partial charge is 0.780 e. The van der Waals surface area contributed by atoms with Crippen LogP contribution in [0.5, 0.6) is 0 Å². The molecule has 0 radical (unpaired) electrons. The zero-order valence-electron chi connectivity index (χ0n) is 4.36. The first-order chi connectivity index (χ1) is 3.60. The van der Waals surface area contributed by atoms with Gasteiger partial charge in [0.25, 0.3) is 0 Å². The SMILES string of the molecule is CC1COP([O-])(=S)O1. The van der Waals surface area contributed by atoms with Gasteiger partial charge in [-0.2, -0.15) is 0 Å². The first kappa shape index (κ1) is 6.65. The molecule has 1 fully saturated rings. The first-order valence-electron chi connectivity index (χ1n) is 2.24. The van der Waals surface area contributed by atoms with Crippen LogP contribution in [0.4, 0.5) is 0 Å². The first-order valence-corrected chi connectivity index (χ1v) is 4.80. The molecular formula is C3H6O3PS-. The molecule has 48 valence electrons. The smallest absolute Gasteiger partial charge is 0.116 e. The van der Waals surface area contributed by atoms with Crippen molar-refractivity contribution in [3.05, 3.63) is 0 Å². The van der Waals surface area contributed by atoms with Crippen molar-refractivity contribution in [2.75, 3.05) is 6.61 Å². The zero-order valence-corrected chi connectivity index (χ0v) is 6.08. The van der Waals surface area contributed by atoms with Gasteiger partial charge in [0.05, 0.1) is 12.7 Å². The van der Waals surface area contributed by atoms with E-state index in [9.17, 15) is 4.89 Å². The summed E-state index contributed by atoms with van der Waals surface area (Å²) in [5.41, 5.74) is 0. The minimum absolute atomic E-state index is 0.0988. The monoisotopic (exact) mass is 153 g/mol. The maximum Gasteiger partial charge on any atom is 0.116 e. The molecule has 0 bridgehead atoms. The van der Waals surface area contributed by atoms with Crippen LogP contribution in [-0.2, 0) is 20.9 Å². The van der Waals surface area contributed by atoms with E-state index in [4.69, 9.17) is 4.52 Å². The molecule has 0 aromatic rings. The lowest BCUT2D eigenvalue weighted by atomic mass is 10.5. The molecule has 0 amide bonds. The summed E-state index contributed by atoms with van der Waals surface area (Å²) in [5.74, 6) is 0. The fourth-order valence-corrected chi connectivity index (χ4v) is 2.06. The normalized spacial score (nSPS) is 47.5. The molecule has 0 aliphatic carbocycles. The molecule has 0 N–H and O–H groups in total. The quantitative estimate of drug-likeness (QED) is 0.459. The van der Waals surface area contributed by atoms with Gasteiger partial charge in [-0.25, -0.2) is 0 Å². The Hall–Kier alpha value is 0.530. The standard InChI is InChI=1S/C3H7O3PS/c1-3-2-5-7(4,8)6-3/h3H,2H2,1H3,(H,4,8)/p-1. The third-order valence-corrected chi connectivity index (χ3v) is 2.43. The lowest BCUT2D eigenvalue weighted by Crippen LogP contribution is -2.02. The molecule has 2 atom stereocenters. The minimum atomic E-state index is -3.02. The molecule has 1 aliphatic rings. The summed E-state index contributed by atoms with van der Waals surface area (Å²) in [6, 6.07) is 0. The van der Waals surface area contributed by atoms with Crippen molar-refractivity contribution in [2.45, 2.75) is 13.0 Å². The van der Waals surface area contributed by atoms with Crippen LogP contribution in [0.1, 0.15) is 6.92 Å². The summed E-state index contributed by atoms with van der Waals surface area (Å²) in [5, 5.41) is 0. The fraction of sp³-hybridized carbons (Fsp3) is 1.00. The molecule has 0 spiro atoms. The van der Waals surface area contributed by atoms with Crippen molar-refractivity contribution < 1.29 is 13.9 Å². The van der Waals surface area contributed by atoms with Crippen molar-refractivity contribution in [1.82, 2.24) is 0 Å². The van der Waals surface area contributed by atoms with Crippen LogP contribution in [-0.4, -0.2) is 12.7 Å². The van der Waals surface area contributed by atoms with Crippen LogP contribution in [0.2, 0.25) is 0 Å². The highest BCUT2D eigenvalue weighted by Gasteiger charge is 2.18. The molecule has 1 rings (SSSR count). The van der Waals surface area contributed by atoms with Gasteiger partial charge in [-0.15, -0.1) is 0 Å². The maximum atomic E-state index is 10.6. The molecule has 1 heterocycles. The Kier molecular flexibility index (Phi) is 1.70. The van der Waals surface area contributed by atoms with Gasteiger partial charge in [-0.05, 0) is 6.92 Å². The van der Waals surface area contributed by atoms with E-state index in [0.717, 1.165) is 0 Å². The van der Waals surface area contributed by atoms with E-state index in [-0.39, 0.29) is 6.10 Å². The molecule has 0 aromatic carbocycles. The van der Waals surface area contributed by atoms with Crippen LogP contribution >= 0.6 is 6.72 Å². The van der Waals surface area contributed by atoms with Crippen LogP contribution < -0.4 is 4.89 Å². The second kappa shape index (κ2) is 2.05. The third-order valence-electron chi connectivity index (χ3n) is 0.776. The van der Waals surface area contributed by atoms with E-state index in [0.29, 0.717) is 6.61 Å². The van der Waals surface area contributed by atoms with E-state index in [2.05, 4.69) is 16.3 Å². The lowest BCUT2D eigenvalue weighted by molar-refractivity contribution is -0.196. The average molecular weight is 153 g/mol. The Balaban J connectivity index is 2.57. The Morgan fingerprint density at radius 2 is 2.50 bits per heavy atom. The Labute approximate surface area is 52.9 Å². The highest BCUT2D eigenvalue weighted by atomic mass is 32.5. The number of rotatable bonds is 0. The predicted octanol–water partition coefficient (Wildman–Crippen LogP) is 0.00650. The van der Waals surface area contributed by atoms with E-state index in [1.54, 1.807) is 6.92 Å². The summed E-state index contributed by atoms with van der Waals surface area (Å²) < 4.78 is 9.30. The molecule has 0 saturated carbocycles. The molecule has 3 nitrogen and oxygen atoms in total. The third kappa shape index (κ3) is 1.50. The van der Waals surface area contributed by atoms with Gasteiger partial charge in [0, 0.05) is 0 Å². The van der Waals surface area contributed by atoms with Crippen molar-refractivity contribution in [2.24, 2.45) is 0 Å². The second-order valence-corrected chi connectivity index (χ2v) is 4.36. The van der Waals surface area contributed by atoms with E-state index >= 15 is 0 Å². The predicted molar refractivity (Wildman–Crippen MR) is 30.8 cm³/mol. The molecule has 1 aliphatic heterocycles. The molecule has 5 heteroatoms. The van der Waals surface area contributed by atoms with Crippen LogP contribution in [0.15, 0.2) is 0 Å². The van der Waals surface area contributed by atoms with Gasteiger partial charge in [-0.1, -0.05) is 11.8 Å². The van der Waals surface area contributed by atoms with Gasteiger partial charge in [0.1, 0.15) is 6.72 Å². The summed E-state index contributed by atoms with van der Waals surface area (Å²) in [4.78, 5) is 10.6. The molecule has 8 heavy (non-hydrogen) atoms. The summed E-state index contributed by atoms with van der Waals surface area (Å²) >= 11 is 4.40. The molecule has 1 saturated heterocycles. The average Bonchev–Trinajstić information content (AvgIpc) is 1.82. The van der Waals surface area contributed by atoms with Crippen LogP contribution in [0, 0.1) is 0 Å². The van der Waals surface area contributed by atoms with E-state index in [1.165, 1.54) is 0 Å². The number of hydrogen-bond acceptors (Lipinski definition) is 4. The molecule has 0 aromatic heterocycles. The summed E-state index contributed by atoms with van der Waals surface area (Å²) in [6.45, 7) is -0.884. The highest BCUT2D eigenvalue weighted by Crippen LogP contribution is 2.45. The topological polar surface area (TPSA) is 41.5 Å². The van der Waals surface area contributed by atoms with Crippen molar-refractivity contribution in [1.29, 1.82) is 0 Å². The zero-order chi connectivity index (χ0) is 6.20. The van der Waals surface area contributed by atoms with Gasteiger partial charge >= 0.3 is 0 Å². The molecule has 2 unspecified atom stereocenters. The van der Waals surface area contributed by atoms with E-state index < -0.39 is 6.72 Å². The maximum absolute atomic E-state index is 10.6. The highest BCUT2D eigenvalue weighted by molar-refractivity contribution is 8.06. The second-order valence-electron chi connectivity index (χ2n) is 1.66. The van der Waals surface area contributed by atoms with Gasteiger partial charge in [0.15, 0.2) is 0 Å². The summed E-state index contributed by atoms with van der Waals surface area (Å²) in [7, 11) is 0. The Morgan fingerprint density at radius 3 is 2.62 bits per heavy atom. The fourth-order valence-electron chi connectivity index (χ4n) is 0.477. The Morgan fingerprint density at radius 1 is 1.88 bits per heavy atom. The van der Waals surface area contributed by atoms with Crippen LogP contribution in [0.3, 0.4) is 0 Å². The summed E-state index contributed by atoms with van der Waals surface area (Å²) in [6.07, 6.45) is -0.0988. The van der Waals surface area contributed by atoms with Gasteiger partial charge < -0.3 is 13.9 Å². The van der Waals surface area contributed by atoms with Crippen LogP contribution in [0.25, 0.3) is 0 Å². The van der Waals surface area contributed by atoms with E-state index in [1.807, 2.05) is 0 Å². The number of hydrogen-bond donors (Lipinski definition) is 0. The van der Waals surface area contributed by atoms with Gasteiger partial charge in [-0.3, -0.25) is 0 Å². The van der Waals surface area contributed by atoms with Crippen molar-refractivity contribution in [3.8, 4) is 0 Å². The van der Waals surface area contributed by atoms with Crippen molar-refractivity contribution >= 4 is 18.5 Å². The van der Waals surface area contributed by atoms with Gasteiger partial charge in [0.2, 0.25) is 0 Å². The lowest BCUT2D eigenvalue weighted by Gasteiger charge is -2.17. The van der Waals surface area contributed by atoms with Crippen molar-refractivity contribution in [3.63, 3.8) is 0 Å². The minimum Gasteiger partial charge on any atom is -0.780 e.